The number of thiophene rings is 1. The SMILES string of the molecule is NCC#Cc1ccsc1CN1CCN(C2CCCC2)CC1. The molecular formula is C17H25N3S. The smallest absolute Gasteiger partial charge is 0.0555 e. The zero-order valence-electron chi connectivity index (χ0n) is 12.7. The zero-order chi connectivity index (χ0) is 14.5. The molecule has 0 radical (unpaired) electrons. The monoisotopic (exact) mass is 303 g/mol. The third-order valence-corrected chi connectivity index (χ3v) is 5.59. The van der Waals surface area contributed by atoms with Gasteiger partial charge in [-0.15, -0.1) is 11.3 Å². The van der Waals surface area contributed by atoms with Crippen molar-refractivity contribution in [2.75, 3.05) is 32.7 Å². The van der Waals surface area contributed by atoms with E-state index in [1.54, 1.807) is 0 Å². The molecule has 0 aromatic carbocycles. The van der Waals surface area contributed by atoms with Gasteiger partial charge < -0.3 is 5.73 Å². The Morgan fingerprint density at radius 1 is 1.19 bits per heavy atom. The average molecular weight is 303 g/mol. The molecular weight excluding hydrogens is 278 g/mol. The molecule has 1 saturated heterocycles. The fourth-order valence-corrected chi connectivity index (χ4v) is 4.35. The minimum absolute atomic E-state index is 0.440. The van der Waals surface area contributed by atoms with Gasteiger partial charge in [-0.1, -0.05) is 24.7 Å². The highest BCUT2D eigenvalue weighted by Crippen LogP contribution is 2.25. The lowest BCUT2D eigenvalue weighted by Crippen LogP contribution is -2.49. The van der Waals surface area contributed by atoms with Crippen molar-refractivity contribution in [2.24, 2.45) is 5.73 Å². The predicted molar refractivity (Wildman–Crippen MR) is 89.4 cm³/mol. The van der Waals surface area contributed by atoms with Gasteiger partial charge in [0.2, 0.25) is 0 Å². The van der Waals surface area contributed by atoms with Crippen LogP contribution in [0.5, 0.6) is 0 Å². The molecule has 4 heteroatoms. The number of rotatable bonds is 3. The van der Waals surface area contributed by atoms with E-state index in [-0.39, 0.29) is 0 Å². The third kappa shape index (κ3) is 3.87. The van der Waals surface area contributed by atoms with Gasteiger partial charge in [0, 0.05) is 49.2 Å². The molecule has 1 aliphatic heterocycles. The normalized spacial score (nSPS) is 21.4. The first-order valence-electron chi connectivity index (χ1n) is 8.08. The van der Waals surface area contributed by atoms with Crippen molar-refractivity contribution in [3.8, 4) is 11.8 Å². The molecule has 0 unspecified atom stereocenters. The van der Waals surface area contributed by atoms with Crippen molar-refractivity contribution >= 4 is 11.3 Å². The lowest BCUT2D eigenvalue weighted by molar-refractivity contribution is 0.0943. The van der Waals surface area contributed by atoms with Crippen molar-refractivity contribution in [3.63, 3.8) is 0 Å². The lowest BCUT2D eigenvalue weighted by Gasteiger charge is -2.38. The van der Waals surface area contributed by atoms with E-state index in [9.17, 15) is 0 Å². The van der Waals surface area contributed by atoms with Crippen molar-refractivity contribution in [1.29, 1.82) is 0 Å². The second kappa shape index (κ2) is 7.42. The van der Waals surface area contributed by atoms with Gasteiger partial charge in [-0.25, -0.2) is 0 Å². The molecule has 0 spiro atoms. The molecule has 1 saturated carbocycles. The maximum absolute atomic E-state index is 5.47. The van der Waals surface area contributed by atoms with Crippen molar-refractivity contribution < 1.29 is 0 Å². The van der Waals surface area contributed by atoms with E-state index >= 15 is 0 Å². The molecule has 114 valence electrons. The van der Waals surface area contributed by atoms with Gasteiger partial charge in [-0.2, -0.15) is 0 Å². The summed E-state index contributed by atoms with van der Waals surface area (Å²) in [5.74, 6) is 6.16. The number of hydrogen-bond acceptors (Lipinski definition) is 4. The van der Waals surface area contributed by atoms with Crippen LogP contribution in [-0.2, 0) is 6.54 Å². The van der Waals surface area contributed by atoms with E-state index < -0.39 is 0 Å². The molecule has 21 heavy (non-hydrogen) atoms. The van der Waals surface area contributed by atoms with Crippen LogP contribution in [0.1, 0.15) is 36.1 Å². The Morgan fingerprint density at radius 3 is 2.67 bits per heavy atom. The molecule has 1 aliphatic carbocycles. The van der Waals surface area contributed by atoms with Crippen LogP contribution in [-0.4, -0.2) is 48.6 Å². The summed E-state index contributed by atoms with van der Waals surface area (Å²) in [6.07, 6.45) is 5.71. The van der Waals surface area contributed by atoms with Gasteiger partial charge in [0.25, 0.3) is 0 Å². The molecule has 2 N–H and O–H groups in total. The molecule has 2 aliphatic rings. The summed E-state index contributed by atoms with van der Waals surface area (Å²) in [5, 5.41) is 2.14. The molecule has 2 fully saturated rings. The van der Waals surface area contributed by atoms with Crippen LogP contribution in [0, 0.1) is 11.8 Å². The quantitative estimate of drug-likeness (QED) is 0.868. The van der Waals surface area contributed by atoms with Crippen LogP contribution in [0.3, 0.4) is 0 Å². The molecule has 1 aromatic heterocycles. The summed E-state index contributed by atoms with van der Waals surface area (Å²) in [4.78, 5) is 6.68. The fraction of sp³-hybridized carbons (Fsp3) is 0.647. The van der Waals surface area contributed by atoms with Crippen LogP contribution in [0.2, 0.25) is 0 Å². The molecule has 0 bridgehead atoms. The number of hydrogen-bond donors (Lipinski definition) is 1. The van der Waals surface area contributed by atoms with Crippen LogP contribution in [0.15, 0.2) is 11.4 Å². The first kappa shape index (κ1) is 15.1. The van der Waals surface area contributed by atoms with Crippen molar-refractivity contribution in [1.82, 2.24) is 9.80 Å². The number of piperazine rings is 1. The van der Waals surface area contributed by atoms with E-state index in [0.29, 0.717) is 6.54 Å². The molecule has 0 atom stereocenters. The third-order valence-electron chi connectivity index (χ3n) is 4.69. The Hall–Kier alpha value is -0.860. The zero-order valence-corrected chi connectivity index (χ0v) is 13.5. The summed E-state index contributed by atoms with van der Waals surface area (Å²) in [7, 11) is 0. The summed E-state index contributed by atoms with van der Waals surface area (Å²) in [6.45, 7) is 6.34. The molecule has 3 nitrogen and oxygen atoms in total. The first-order valence-corrected chi connectivity index (χ1v) is 8.96. The summed E-state index contributed by atoms with van der Waals surface area (Å²) >= 11 is 1.82. The first-order chi connectivity index (χ1) is 10.4. The van der Waals surface area contributed by atoms with Crippen LogP contribution in [0.25, 0.3) is 0 Å². The maximum Gasteiger partial charge on any atom is 0.0555 e. The van der Waals surface area contributed by atoms with Gasteiger partial charge in [0.15, 0.2) is 0 Å². The Balaban J connectivity index is 1.52. The largest absolute Gasteiger partial charge is 0.320 e. The van der Waals surface area contributed by atoms with Gasteiger partial charge in [-0.3, -0.25) is 9.80 Å². The second-order valence-corrected chi connectivity index (χ2v) is 7.01. The topological polar surface area (TPSA) is 32.5 Å². The average Bonchev–Trinajstić information content (AvgIpc) is 3.18. The summed E-state index contributed by atoms with van der Waals surface area (Å²) < 4.78 is 0. The summed E-state index contributed by atoms with van der Waals surface area (Å²) in [6, 6.07) is 3.00. The second-order valence-electron chi connectivity index (χ2n) is 6.01. The highest BCUT2D eigenvalue weighted by atomic mass is 32.1. The highest BCUT2D eigenvalue weighted by Gasteiger charge is 2.26. The molecule has 0 amide bonds. The Kier molecular flexibility index (Phi) is 5.32. The summed E-state index contributed by atoms with van der Waals surface area (Å²) in [5.41, 5.74) is 6.64. The Bertz CT molecular complexity index is 500. The van der Waals surface area contributed by atoms with E-state index in [1.807, 2.05) is 11.3 Å². The van der Waals surface area contributed by atoms with Crippen LogP contribution >= 0.6 is 11.3 Å². The molecule has 3 rings (SSSR count). The fourth-order valence-electron chi connectivity index (χ4n) is 3.48. The van der Waals surface area contributed by atoms with Gasteiger partial charge in [0.1, 0.15) is 0 Å². The number of nitrogens with zero attached hydrogens (tertiary/aromatic N) is 2. The van der Waals surface area contributed by atoms with Crippen molar-refractivity contribution in [3.05, 3.63) is 21.9 Å². The van der Waals surface area contributed by atoms with Crippen LogP contribution < -0.4 is 5.73 Å². The van der Waals surface area contributed by atoms with Gasteiger partial charge in [-0.05, 0) is 24.3 Å². The minimum atomic E-state index is 0.440. The van der Waals surface area contributed by atoms with Gasteiger partial charge in [0.05, 0.1) is 6.54 Å². The van der Waals surface area contributed by atoms with E-state index in [0.717, 1.165) is 12.6 Å². The van der Waals surface area contributed by atoms with Crippen LogP contribution in [0.4, 0.5) is 0 Å². The highest BCUT2D eigenvalue weighted by molar-refractivity contribution is 7.10. The van der Waals surface area contributed by atoms with Crippen molar-refractivity contribution in [2.45, 2.75) is 38.3 Å². The Labute approximate surface area is 132 Å². The molecule has 1 aromatic rings. The van der Waals surface area contributed by atoms with E-state index in [2.05, 4.69) is 33.1 Å². The number of nitrogens with two attached hydrogens (primary N) is 1. The standard InChI is InChI=1S/C17H25N3S/c18-8-3-4-15-7-13-21-17(15)14-19-9-11-20(12-10-19)16-5-1-2-6-16/h7,13,16H,1-2,5-6,8-12,14,18H2. The minimum Gasteiger partial charge on any atom is -0.320 e. The maximum atomic E-state index is 5.47. The lowest BCUT2D eigenvalue weighted by atomic mass is 10.1. The molecule has 2 heterocycles. The van der Waals surface area contributed by atoms with Gasteiger partial charge >= 0.3 is 0 Å². The van der Waals surface area contributed by atoms with E-state index in [1.165, 1.54) is 62.3 Å². The Morgan fingerprint density at radius 2 is 1.95 bits per heavy atom. The predicted octanol–water partition coefficient (Wildman–Crippen LogP) is 2.12. The van der Waals surface area contributed by atoms with E-state index in [4.69, 9.17) is 5.73 Å².